The highest BCUT2D eigenvalue weighted by atomic mass is 14.8. The molecule has 5 saturated carbocycles. The zero-order valence-electron chi connectivity index (χ0n) is 8.15. The molecule has 5 fully saturated rings. The summed E-state index contributed by atoms with van der Waals surface area (Å²) in [7, 11) is 0. The number of rotatable bonds is 0. The SMILES string of the molecule is C1CC2C3CC4CC5C(C1)C2C5C43. The third-order valence-electron chi connectivity index (χ3n) is 6.74. The minimum absolute atomic E-state index is 1.23. The van der Waals surface area contributed by atoms with Gasteiger partial charge in [-0.25, -0.2) is 0 Å². The molecule has 5 aliphatic rings. The predicted molar refractivity (Wildman–Crippen MR) is 51.0 cm³/mol. The van der Waals surface area contributed by atoms with E-state index in [9.17, 15) is 0 Å². The third kappa shape index (κ3) is 0.480. The van der Waals surface area contributed by atoms with Crippen LogP contribution in [0.15, 0.2) is 0 Å². The van der Waals surface area contributed by atoms with Gasteiger partial charge in [-0.05, 0) is 73.0 Å². The standard InChI is InChI=1S/C13H18/c1-2-7-9-4-6-5-10-8(3-1)12(7)13(10)11(6)9/h6-13H,1-5H2. The molecule has 0 heterocycles. The molecule has 0 N–H and O–H groups in total. The molecule has 0 aromatic rings. The van der Waals surface area contributed by atoms with Gasteiger partial charge in [-0.2, -0.15) is 0 Å². The molecule has 0 aromatic heterocycles. The Labute approximate surface area is 80.1 Å². The Kier molecular flexibility index (Phi) is 0.860. The maximum absolute atomic E-state index is 1.67. The van der Waals surface area contributed by atoms with Gasteiger partial charge in [0.15, 0.2) is 0 Å². The summed E-state index contributed by atoms with van der Waals surface area (Å²) >= 11 is 0. The average Bonchev–Trinajstić information content (AvgIpc) is 2.45. The molecule has 0 radical (unpaired) electrons. The Hall–Kier alpha value is 0. The molecule has 8 unspecified atom stereocenters. The second kappa shape index (κ2) is 1.73. The van der Waals surface area contributed by atoms with Gasteiger partial charge >= 0.3 is 0 Å². The lowest BCUT2D eigenvalue weighted by Crippen LogP contribution is -2.47. The van der Waals surface area contributed by atoms with Crippen LogP contribution in [-0.4, -0.2) is 0 Å². The summed E-state index contributed by atoms with van der Waals surface area (Å²) in [6, 6.07) is 0. The van der Waals surface area contributed by atoms with Crippen molar-refractivity contribution in [1.82, 2.24) is 0 Å². The van der Waals surface area contributed by atoms with E-state index in [1.807, 2.05) is 0 Å². The van der Waals surface area contributed by atoms with Gasteiger partial charge in [-0.15, -0.1) is 0 Å². The van der Waals surface area contributed by atoms with Gasteiger partial charge in [-0.3, -0.25) is 0 Å². The van der Waals surface area contributed by atoms with Crippen molar-refractivity contribution in [3.63, 3.8) is 0 Å². The van der Waals surface area contributed by atoms with Crippen LogP contribution in [0.5, 0.6) is 0 Å². The van der Waals surface area contributed by atoms with Crippen LogP contribution < -0.4 is 0 Å². The van der Waals surface area contributed by atoms with E-state index in [2.05, 4.69) is 0 Å². The summed E-state index contributed by atoms with van der Waals surface area (Å²) in [5.41, 5.74) is 0. The second-order valence-electron chi connectivity index (χ2n) is 6.55. The van der Waals surface area contributed by atoms with Crippen molar-refractivity contribution in [2.24, 2.45) is 47.3 Å². The molecular weight excluding hydrogens is 156 g/mol. The van der Waals surface area contributed by atoms with Crippen LogP contribution in [0.3, 0.4) is 0 Å². The third-order valence-corrected chi connectivity index (χ3v) is 6.74. The van der Waals surface area contributed by atoms with E-state index in [-0.39, 0.29) is 0 Å². The van der Waals surface area contributed by atoms with Crippen molar-refractivity contribution in [3.8, 4) is 0 Å². The van der Waals surface area contributed by atoms with Crippen LogP contribution in [0.2, 0.25) is 0 Å². The van der Waals surface area contributed by atoms with E-state index >= 15 is 0 Å². The minimum Gasteiger partial charge on any atom is -0.0527 e. The van der Waals surface area contributed by atoms with Crippen molar-refractivity contribution in [2.45, 2.75) is 32.1 Å². The van der Waals surface area contributed by atoms with Crippen molar-refractivity contribution in [1.29, 1.82) is 0 Å². The molecule has 0 spiro atoms. The van der Waals surface area contributed by atoms with Gasteiger partial charge < -0.3 is 0 Å². The largest absolute Gasteiger partial charge is 0.0527 e. The Bertz CT molecular complexity index is 278. The molecule has 13 heavy (non-hydrogen) atoms. The number of hydrogen-bond acceptors (Lipinski definition) is 0. The van der Waals surface area contributed by atoms with Gasteiger partial charge in [0.1, 0.15) is 0 Å². The zero-order chi connectivity index (χ0) is 8.15. The smallest absolute Gasteiger partial charge is 0.0315 e. The van der Waals surface area contributed by atoms with Crippen LogP contribution in [-0.2, 0) is 0 Å². The zero-order valence-corrected chi connectivity index (χ0v) is 8.15. The molecule has 0 amide bonds. The lowest BCUT2D eigenvalue weighted by molar-refractivity contribution is -0.0483. The molecule has 0 aromatic carbocycles. The summed E-state index contributed by atoms with van der Waals surface area (Å²) in [5.74, 6) is 10.0. The fourth-order valence-electron chi connectivity index (χ4n) is 6.64. The normalized spacial score (nSPS) is 75.7. The fraction of sp³-hybridized carbons (Fsp3) is 1.00. The summed E-state index contributed by atoms with van der Waals surface area (Å²) < 4.78 is 0. The molecule has 0 bridgehead atoms. The summed E-state index contributed by atoms with van der Waals surface area (Å²) in [6.07, 6.45) is 8.15. The molecule has 70 valence electrons. The van der Waals surface area contributed by atoms with Crippen molar-refractivity contribution < 1.29 is 0 Å². The molecular formula is C13H18. The van der Waals surface area contributed by atoms with Gasteiger partial charge in [0.05, 0.1) is 0 Å². The monoisotopic (exact) mass is 174 g/mol. The second-order valence-corrected chi connectivity index (χ2v) is 6.55. The molecule has 5 rings (SSSR count). The Morgan fingerprint density at radius 2 is 1.31 bits per heavy atom. The maximum Gasteiger partial charge on any atom is -0.0315 e. The van der Waals surface area contributed by atoms with Crippen molar-refractivity contribution in [2.75, 3.05) is 0 Å². The van der Waals surface area contributed by atoms with Gasteiger partial charge in [-0.1, -0.05) is 6.42 Å². The molecule has 0 aliphatic heterocycles. The first kappa shape index (κ1) is 6.48. The highest BCUT2D eigenvalue weighted by molar-refractivity contribution is 5.21. The molecule has 5 aliphatic carbocycles. The minimum atomic E-state index is 1.23. The van der Waals surface area contributed by atoms with Gasteiger partial charge in [0.2, 0.25) is 0 Å². The topological polar surface area (TPSA) is 0 Å². The van der Waals surface area contributed by atoms with Crippen LogP contribution in [0.25, 0.3) is 0 Å². The first-order chi connectivity index (χ1) is 6.45. The Morgan fingerprint density at radius 3 is 2.08 bits per heavy atom. The maximum atomic E-state index is 1.67. The molecule has 0 nitrogen and oxygen atoms in total. The highest BCUT2D eigenvalue weighted by Crippen LogP contribution is 2.79. The first-order valence-electron chi connectivity index (χ1n) is 6.45. The van der Waals surface area contributed by atoms with Crippen LogP contribution in [0.4, 0.5) is 0 Å². The van der Waals surface area contributed by atoms with Crippen LogP contribution in [0, 0.1) is 47.3 Å². The number of hydrogen-bond donors (Lipinski definition) is 0. The molecule has 0 heteroatoms. The summed E-state index contributed by atoms with van der Waals surface area (Å²) in [6.45, 7) is 0. The van der Waals surface area contributed by atoms with E-state index < -0.39 is 0 Å². The lowest BCUT2D eigenvalue weighted by Gasteiger charge is -2.53. The van der Waals surface area contributed by atoms with E-state index in [0.29, 0.717) is 0 Å². The van der Waals surface area contributed by atoms with Crippen molar-refractivity contribution in [3.05, 3.63) is 0 Å². The van der Waals surface area contributed by atoms with Crippen LogP contribution >= 0.6 is 0 Å². The number of fused-ring (bicyclic) bond motifs is 2. The van der Waals surface area contributed by atoms with Crippen LogP contribution in [0.1, 0.15) is 32.1 Å². The van der Waals surface area contributed by atoms with Gasteiger partial charge in [0.25, 0.3) is 0 Å². The quantitative estimate of drug-likeness (QED) is 0.529. The Balaban J connectivity index is 1.68. The van der Waals surface area contributed by atoms with Gasteiger partial charge in [0, 0.05) is 0 Å². The fourth-order valence-corrected chi connectivity index (χ4v) is 6.64. The molecule has 8 atom stereocenters. The predicted octanol–water partition coefficient (Wildman–Crippen LogP) is 2.93. The lowest BCUT2D eigenvalue weighted by atomic mass is 9.52. The summed E-state index contributed by atoms with van der Waals surface area (Å²) in [4.78, 5) is 0. The van der Waals surface area contributed by atoms with E-state index in [1.165, 1.54) is 47.3 Å². The van der Waals surface area contributed by atoms with Crippen molar-refractivity contribution >= 4 is 0 Å². The Morgan fingerprint density at radius 1 is 0.615 bits per heavy atom. The van der Waals surface area contributed by atoms with E-state index in [0.717, 1.165) is 0 Å². The first-order valence-corrected chi connectivity index (χ1v) is 6.45. The highest BCUT2D eigenvalue weighted by Gasteiger charge is 2.73. The van der Waals surface area contributed by atoms with E-state index in [4.69, 9.17) is 0 Å². The molecule has 0 saturated heterocycles. The van der Waals surface area contributed by atoms with E-state index in [1.54, 1.807) is 32.1 Å². The average molecular weight is 174 g/mol. The summed E-state index contributed by atoms with van der Waals surface area (Å²) in [5, 5.41) is 0.